The molecule has 428 valence electrons. The fourth-order valence-corrected chi connectivity index (χ4v) is 9.03. The molecule has 2 atom stereocenters. The highest BCUT2D eigenvalue weighted by Gasteiger charge is 2.22. The second-order valence-corrected chi connectivity index (χ2v) is 22.3. The van der Waals surface area contributed by atoms with Crippen LogP contribution in [0.15, 0.2) is 36.5 Å². The van der Waals surface area contributed by atoms with Gasteiger partial charge in [0.05, 0.1) is 40.3 Å². The molecule has 9 nitrogen and oxygen atoms in total. The molecular weight excluding hydrogens is 911 g/mol. The molecule has 0 aromatic heterocycles. The number of likely N-dealkylation sites (N-methyl/N-ethyl adjacent to an activating group) is 1. The SMILES string of the molecule is CCCCCCC/C=C\C/C=C\CCCCCCCCCCCCCCCCCC(=O)OC(COC(=O)CCCCCCCCCCC/C=C\CCCCCCCCCC)COC(OCC[N+](C)(C)C)C(=O)[O-]. The first-order chi connectivity index (χ1) is 35.6. The lowest BCUT2D eigenvalue weighted by Crippen LogP contribution is -2.44. The number of hydrogen-bond acceptors (Lipinski definition) is 8. The van der Waals surface area contributed by atoms with Crippen LogP contribution in [0.25, 0.3) is 0 Å². The van der Waals surface area contributed by atoms with Gasteiger partial charge in [0.25, 0.3) is 0 Å². The van der Waals surface area contributed by atoms with Crippen molar-refractivity contribution in [3.8, 4) is 0 Å². The van der Waals surface area contributed by atoms with Gasteiger partial charge in [-0.2, -0.15) is 0 Å². The van der Waals surface area contributed by atoms with Crippen LogP contribution >= 0.6 is 0 Å². The summed E-state index contributed by atoms with van der Waals surface area (Å²) < 4.78 is 22.8. The van der Waals surface area contributed by atoms with Gasteiger partial charge in [0.1, 0.15) is 13.2 Å². The Morgan fingerprint density at radius 3 is 1.10 bits per heavy atom. The zero-order chi connectivity index (χ0) is 53.4. The second kappa shape index (κ2) is 55.7. The van der Waals surface area contributed by atoms with Crippen molar-refractivity contribution in [3.05, 3.63) is 36.5 Å². The minimum atomic E-state index is -1.62. The lowest BCUT2D eigenvalue weighted by Gasteiger charge is -2.26. The fraction of sp³-hybridized carbons (Fsp3) is 0.859. The highest BCUT2D eigenvalue weighted by atomic mass is 16.7. The van der Waals surface area contributed by atoms with Crippen LogP contribution < -0.4 is 5.11 Å². The number of rotatable bonds is 58. The van der Waals surface area contributed by atoms with E-state index in [9.17, 15) is 19.5 Å². The van der Waals surface area contributed by atoms with Crippen LogP contribution in [0, 0.1) is 0 Å². The van der Waals surface area contributed by atoms with Gasteiger partial charge in [-0.25, -0.2) is 0 Å². The van der Waals surface area contributed by atoms with Crippen molar-refractivity contribution in [2.24, 2.45) is 0 Å². The predicted octanol–water partition coefficient (Wildman–Crippen LogP) is 17.1. The summed E-state index contributed by atoms with van der Waals surface area (Å²) in [6, 6.07) is 0. The maximum Gasteiger partial charge on any atom is 0.306 e. The third kappa shape index (κ3) is 57.1. The zero-order valence-electron chi connectivity index (χ0n) is 48.8. The maximum absolute atomic E-state index is 12.9. The lowest BCUT2D eigenvalue weighted by molar-refractivity contribution is -0.870. The largest absolute Gasteiger partial charge is 0.545 e. The topological polar surface area (TPSA) is 111 Å². The molecule has 0 bridgehead atoms. The third-order valence-corrected chi connectivity index (χ3v) is 13.9. The Morgan fingerprint density at radius 2 is 0.740 bits per heavy atom. The van der Waals surface area contributed by atoms with E-state index in [0.29, 0.717) is 23.9 Å². The van der Waals surface area contributed by atoms with Gasteiger partial charge in [-0.1, -0.05) is 249 Å². The second-order valence-electron chi connectivity index (χ2n) is 22.3. The number of allylic oxidation sites excluding steroid dienone is 6. The van der Waals surface area contributed by atoms with Gasteiger partial charge in [0, 0.05) is 12.8 Å². The number of carboxylic acids is 1. The van der Waals surface area contributed by atoms with Crippen LogP contribution in [0.3, 0.4) is 0 Å². The highest BCUT2D eigenvalue weighted by molar-refractivity contribution is 5.70. The van der Waals surface area contributed by atoms with Crippen molar-refractivity contribution < 1.29 is 42.9 Å². The smallest absolute Gasteiger partial charge is 0.306 e. The summed E-state index contributed by atoms with van der Waals surface area (Å²) in [5.41, 5.74) is 0. The predicted molar refractivity (Wildman–Crippen MR) is 306 cm³/mol. The number of carboxylic acid groups (broad SMARTS) is 1. The Balaban J connectivity index is 4.17. The average molecular weight is 1030 g/mol. The number of unbranched alkanes of at least 4 members (excludes halogenated alkanes) is 37. The maximum atomic E-state index is 12.9. The molecule has 0 rings (SSSR count). The van der Waals surface area contributed by atoms with E-state index in [1.54, 1.807) is 0 Å². The Bertz CT molecular complexity index is 1290. The van der Waals surface area contributed by atoms with E-state index < -0.39 is 24.3 Å². The lowest BCUT2D eigenvalue weighted by atomic mass is 10.0. The van der Waals surface area contributed by atoms with Crippen molar-refractivity contribution in [2.45, 2.75) is 309 Å². The molecule has 0 aliphatic carbocycles. The molecule has 2 unspecified atom stereocenters. The summed E-state index contributed by atoms with van der Waals surface area (Å²) in [4.78, 5) is 37.4. The molecule has 0 saturated heterocycles. The summed E-state index contributed by atoms with van der Waals surface area (Å²) in [5, 5.41) is 11.8. The molecule has 9 heteroatoms. The van der Waals surface area contributed by atoms with Crippen LogP contribution in [0.4, 0.5) is 0 Å². The Kier molecular flexibility index (Phi) is 53.8. The van der Waals surface area contributed by atoms with E-state index in [1.807, 2.05) is 21.1 Å². The number of carbonyl (C=O) groups excluding carboxylic acids is 3. The number of nitrogens with zero attached hydrogens (tertiary/aromatic N) is 1. The van der Waals surface area contributed by atoms with Crippen LogP contribution in [0.2, 0.25) is 0 Å². The molecule has 0 aromatic rings. The average Bonchev–Trinajstić information content (AvgIpc) is 3.36. The summed E-state index contributed by atoms with van der Waals surface area (Å²) in [7, 11) is 5.93. The molecule has 0 saturated carbocycles. The minimum absolute atomic E-state index is 0.149. The monoisotopic (exact) mass is 1030 g/mol. The molecule has 0 spiro atoms. The van der Waals surface area contributed by atoms with Crippen LogP contribution in [0.1, 0.15) is 296 Å². The Hall–Kier alpha value is -2.49. The molecule has 0 radical (unpaired) electrons. The molecule has 73 heavy (non-hydrogen) atoms. The van der Waals surface area contributed by atoms with Gasteiger partial charge < -0.3 is 33.3 Å². The van der Waals surface area contributed by atoms with Crippen molar-refractivity contribution in [3.63, 3.8) is 0 Å². The van der Waals surface area contributed by atoms with E-state index >= 15 is 0 Å². The van der Waals surface area contributed by atoms with Crippen molar-refractivity contribution in [1.29, 1.82) is 0 Å². The van der Waals surface area contributed by atoms with Gasteiger partial charge in [-0.05, 0) is 70.6 Å². The summed E-state index contributed by atoms with van der Waals surface area (Å²) in [6.07, 6.45) is 64.8. The molecule has 0 N–H and O–H groups in total. The van der Waals surface area contributed by atoms with Crippen LogP contribution in [0.5, 0.6) is 0 Å². The molecule has 0 aromatic carbocycles. The summed E-state index contributed by atoms with van der Waals surface area (Å²) in [6.45, 7) is 4.78. The number of hydrogen-bond donors (Lipinski definition) is 0. The number of ether oxygens (including phenoxy) is 4. The zero-order valence-corrected chi connectivity index (χ0v) is 48.8. The molecule has 0 heterocycles. The number of carbonyl (C=O) groups is 3. The summed E-state index contributed by atoms with van der Waals surface area (Å²) >= 11 is 0. The van der Waals surface area contributed by atoms with Gasteiger partial charge >= 0.3 is 11.9 Å². The van der Waals surface area contributed by atoms with E-state index in [4.69, 9.17) is 18.9 Å². The Labute approximate surface area is 451 Å². The van der Waals surface area contributed by atoms with E-state index in [2.05, 4.69) is 50.3 Å². The summed E-state index contributed by atoms with van der Waals surface area (Å²) in [5.74, 6) is -2.27. The third-order valence-electron chi connectivity index (χ3n) is 13.9. The van der Waals surface area contributed by atoms with Gasteiger partial charge in [0.15, 0.2) is 12.4 Å². The normalized spacial score (nSPS) is 12.9. The van der Waals surface area contributed by atoms with Crippen molar-refractivity contribution in [1.82, 2.24) is 0 Å². The molecule has 0 aliphatic heterocycles. The fourth-order valence-electron chi connectivity index (χ4n) is 9.03. The van der Waals surface area contributed by atoms with Crippen LogP contribution in [-0.4, -0.2) is 82.3 Å². The van der Waals surface area contributed by atoms with Crippen molar-refractivity contribution in [2.75, 3.05) is 47.5 Å². The van der Waals surface area contributed by atoms with E-state index in [-0.39, 0.29) is 32.2 Å². The standard InChI is InChI=1S/C64H119NO8/c1-6-8-10-12-14-16-18-20-22-24-26-28-29-30-31-32-33-35-37-39-41-43-45-47-49-51-53-55-62(67)73-60(59-72-64(63(68)69)70-57-56-65(3,4)5)58-71-61(66)54-52-50-48-46-44-42-40-38-36-34-27-25-23-21-19-17-15-13-11-9-7-2/h18,20,24-27,60,64H,6-17,19,21-23,28-59H2,1-5H3/b20-18-,26-24-,27-25-. The number of aliphatic carboxylic acids is 1. The number of quaternary nitrogens is 1. The molecular formula is C64H119NO8. The first kappa shape index (κ1) is 70.5. The first-order valence-electron chi connectivity index (χ1n) is 31.1. The van der Waals surface area contributed by atoms with Crippen molar-refractivity contribution >= 4 is 17.9 Å². The van der Waals surface area contributed by atoms with E-state index in [0.717, 1.165) is 38.5 Å². The highest BCUT2D eigenvalue weighted by Crippen LogP contribution is 2.17. The van der Waals surface area contributed by atoms with Gasteiger partial charge in [0.2, 0.25) is 0 Å². The quantitative estimate of drug-likeness (QED) is 0.0195. The Morgan fingerprint density at radius 1 is 0.411 bits per heavy atom. The molecule has 0 aliphatic rings. The van der Waals surface area contributed by atoms with Crippen LogP contribution in [-0.2, 0) is 33.3 Å². The number of esters is 2. The molecule has 0 amide bonds. The molecule has 0 fully saturated rings. The minimum Gasteiger partial charge on any atom is -0.545 e. The van der Waals surface area contributed by atoms with Gasteiger partial charge in [-0.15, -0.1) is 0 Å². The van der Waals surface area contributed by atoms with Gasteiger partial charge in [-0.3, -0.25) is 9.59 Å². The first-order valence-corrected chi connectivity index (χ1v) is 31.1. The van der Waals surface area contributed by atoms with E-state index in [1.165, 1.54) is 225 Å².